The molecule has 128 valence electrons. The average Bonchev–Trinajstić information content (AvgIpc) is 2.58. The molecule has 0 unspecified atom stereocenters. The van der Waals surface area contributed by atoms with E-state index >= 15 is 0 Å². The summed E-state index contributed by atoms with van der Waals surface area (Å²) in [6.45, 7) is 3.29. The van der Waals surface area contributed by atoms with Crippen molar-refractivity contribution in [1.82, 2.24) is 0 Å². The summed E-state index contributed by atoms with van der Waals surface area (Å²) in [6, 6.07) is 12.0. The van der Waals surface area contributed by atoms with Gasteiger partial charge in [0.1, 0.15) is 5.58 Å². The fraction of sp³-hybridized carbons (Fsp3) is 0.158. The monoisotopic (exact) mass is 358 g/mol. The molecule has 0 fully saturated rings. The molecule has 0 radical (unpaired) electrons. The Morgan fingerprint density at radius 2 is 1.88 bits per heavy atom. The molecule has 1 atom stereocenters. The van der Waals surface area contributed by atoms with Crippen LogP contribution in [0.2, 0.25) is 5.02 Å². The van der Waals surface area contributed by atoms with E-state index in [1.54, 1.807) is 24.3 Å². The Kier molecular flexibility index (Phi) is 4.51. The minimum Gasteiger partial charge on any atom is -0.479 e. The van der Waals surface area contributed by atoms with Gasteiger partial charge in [0.25, 0.3) is 0 Å². The van der Waals surface area contributed by atoms with Gasteiger partial charge in [-0.15, -0.1) is 0 Å². The van der Waals surface area contributed by atoms with Crippen LogP contribution in [0.3, 0.4) is 0 Å². The topological polar surface area (TPSA) is 76.7 Å². The van der Waals surface area contributed by atoms with Crippen LogP contribution in [-0.4, -0.2) is 17.2 Å². The van der Waals surface area contributed by atoms with E-state index in [4.69, 9.17) is 25.9 Å². The highest BCUT2D eigenvalue weighted by molar-refractivity contribution is 6.31. The largest absolute Gasteiger partial charge is 0.479 e. The molecule has 0 amide bonds. The van der Waals surface area contributed by atoms with E-state index < -0.39 is 17.5 Å². The molecule has 0 aliphatic heterocycles. The van der Waals surface area contributed by atoms with Crippen LogP contribution in [-0.2, 0) is 4.79 Å². The first-order valence-corrected chi connectivity index (χ1v) is 7.97. The van der Waals surface area contributed by atoms with Crippen molar-refractivity contribution in [1.29, 1.82) is 0 Å². The summed E-state index contributed by atoms with van der Waals surface area (Å²) < 4.78 is 11.3. The molecule has 0 aliphatic rings. The number of benzene rings is 2. The van der Waals surface area contributed by atoms with E-state index in [2.05, 4.69) is 0 Å². The molecule has 3 rings (SSSR count). The van der Waals surface area contributed by atoms with Crippen LogP contribution in [0.15, 0.2) is 51.7 Å². The van der Waals surface area contributed by atoms with Crippen molar-refractivity contribution in [2.24, 2.45) is 0 Å². The summed E-state index contributed by atoms with van der Waals surface area (Å²) in [7, 11) is 0. The van der Waals surface area contributed by atoms with Gasteiger partial charge >= 0.3 is 5.97 Å². The molecule has 6 heteroatoms. The lowest BCUT2D eigenvalue weighted by Gasteiger charge is -2.14. The lowest BCUT2D eigenvalue weighted by molar-refractivity contribution is -0.144. The highest BCUT2D eigenvalue weighted by Crippen LogP contribution is 2.32. The van der Waals surface area contributed by atoms with Crippen LogP contribution >= 0.6 is 11.6 Å². The highest BCUT2D eigenvalue weighted by atomic mass is 35.5. The summed E-state index contributed by atoms with van der Waals surface area (Å²) in [5.41, 5.74) is 1.54. The predicted molar refractivity (Wildman–Crippen MR) is 95.4 cm³/mol. The fourth-order valence-corrected chi connectivity index (χ4v) is 2.55. The summed E-state index contributed by atoms with van der Waals surface area (Å²) in [5, 5.41) is 9.72. The molecule has 1 N–H and O–H groups in total. The van der Waals surface area contributed by atoms with Crippen molar-refractivity contribution < 1.29 is 19.1 Å². The highest BCUT2D eigenvalue weighted by Gasteiger charge is 2.22. The minimum atomic E-state index is -1.20. The zero-order valence-corrected chi connectivity index (χ0v) is 14.3. The molecule has 0 saturated carbocycles. The first kappa shape index (κ1) is 17.0. The number of carboxylic acid groups (broad SMARTS) is 1. The lowest BCUT2D eigenvalue weighted by atomic mass is 10.1. The van der Waals surface area contributed by atoms with Gasteiger partial charge in [0.2, 0.25) is 11.2 Å². The van der Waals surface area contributed by atoms with Gasteiger partial charge in [-0.3, -0.25) is 4.79 Å². The normalized spacial score (nSPS) is 12.1. The quantitative estimate of drug-likeness (QED) is 0.753. The van der Waals surface area contributed by atoms with Crippen molar-refractivity contribution in [3.05, 3.63) is 63.3 Å². The predicted octanol–water partition coefficient (Wildman–Crippen LogP) is 4.27. The zero-order valence-electron chi connectivity index (χ0n) is 13.6. The smallest absolute Gasteiger partial charge is 0.344 e. The van der Waals surface area contributed by atoms with Gasteiger partial charge in [-0.05, 0) is 32.0 Å². The molecule has 0 spiro atoms. The minimum absolute atomic E-state index is 0.145. The number of fused-ring (bicyclic) bond motifs is 1. The first-order chi connectivity index (χ1) is 11.9. The SMILES string of the molecule is Cc1ccc(-c2oc3ccc(Cl)cc3c(=O)c2O[C@@H](C)C(=O)O)cc1. The van der Waals surface area contributed by atoms with Crippen LogP contribution in [0.25, 0.3) is 22.3 Å². The van der Waals surface area contributed by atoms with Crippen LogP contribution in [0, 0.1) is 6.92 Å². The molecule has 5 nitrogen and oxygen atoms in total. The third kappa shape index (κ3) is 3.37. The van der Waals surface area contributed by atoms with Crippen LogP contribution in [0.1, 0.15) is 12.5 Å². The van der Waals surface area contributed by atoms with Gasteiger partial charge in [-0.25, -0.2) is 4.79 Å². The Bertz CT molecular complexity index is 1000. The molecule has 0 aliphatic carbocycles. The molecule has 0 bridgehead atoms. The van der Waals surface area contributed by atoms with Gasteiger partial charge < -0.3 is 14.3 Å². The number of carbonyl (C=O) groups is 1. The molecule has 1 aromatic heterocycles. The summed E-state index contributed by atoms with van der Waals surface area (Å²) >= 11 is 5.96. The van der Waals surface area contributed by atoms with E-state index in [1.807, 2.05) is 19.1 Å². The summed E-state index contributed by atoms with van der Waals surface area (Å²) in [5.74, 6) is -1.14. The Morgan fingerprint density at radius 3 is 2.52 bits per heavy atom. The number of aliphatic carboxylic acids is 1. The van der Waals surface area contributed by atoms with Crippen LogP contribution in [0.4, 0.5) is 0 Å². The average molecular weight is 359 g/mol. The Balaban J connectivity index is 2.29. The maximum Gasteiger partial charge on any atom is 0.344 e. The number of hydrogen-bond acceptors (Lipinski definition) is 4. The van der Waals surface area contributed by atoms with E-state index in [0.29, 0.717) is 16.2 Å². The molecule has 2 aromatic carbocycles. The first-order valence-electron chi connectivity index (χ1n) is 7.59. The molecular weight excluding hydrogens is 344 g/mol. The Morgan fingerprint density at radius 1 is 1.20 bits per heavy atom. The second-order valence-electron chi connectivity index (χ2n) is 5.69. The van der Waals surface area contributed by atoms with Crippen molar-refractivity contribution in [2.75, 3.05) is 0 Å². The van der Waals surface area contributed by atoms with E-state index in [-0.39, 0.29) is 16.9 Å². The third-order valence-electron chi connectivity index (χ3n) is 3.77. The molecular formula is C19H15ClO5. The van der Waals surface area contributed by atoms with Gasteiger partial charge in [0, 0.05) is 10.6 Å². The Labute approximate surface area is 148 Å². The van der Waals surface area contributed by atoms with Crippen molar-refractivity contribution in [2.45, 2.75) is 20.0 Å². The second kappa shape index (κ2) is 6.61. The van der Waals surface area contributed by atoms with Gasteiger partial charge in [-0.1, -0.05) is 41.4 Å². The van der Waals surface area contributed by atoms with E-state index in [0.717, 1.165) is 5.56 Å². The van der Waals surface area contributed by atoms with Crippen molar-refractivity contribution >= 4 is 28.5 Å². The standard InChI is InChI=1S/C19H15ClO5/c1-10-3-5-12(6-4-10)17-18(24-11(2)19(22)23)16(21)14-9-13(20)7-8-15(14)25-17/h3-9,11H,1-2H3,(H,22,23)/t11-/m0/s1. The number of hydrogen-bond donors (Lipinski definition) is 1. The Hall–Kier alpha value is -2.79. The van der Waals surface area contributed by atoms with Gasteiger partial charge in [-0.2, -0.15) is 0 Å². The number of rotatable bonds is 4. The van der Waals surface area contributed by atoms with Crippen molar-refractivity contribution in [3.63, 3.8) is 0 Å². The summed E-state index contributed by atoms with van der Waals surface area (Å²) in [6.07, 6.45) is -1.20. The zero-order chi connectivity index (χ0) is 18.1. The van der Waals surface area contributed by atoms with Crippen LogP contribution < -0.4 is 10.2 Å². The third-order valence-corrected chi connectivity index (χ3v) is 4.00. The number of ether oxygens (including phenoxy) is 1. The second-order valence-corrected chi connectivity index (χ2v) is 6.13. The molecule has 25 heavy (non-hydrogen) atoms. The molecule has 3 aromatic rings. The fourth-order valence-electron chi connectivity index (χ4n) is 2.38. The van der Waals surface area contributed by atoms with Crippen molar-refractivity contribution in [3.8, 4) is 17.1 Å². The number of carboxylic acids is 1. The van der Waals surface area contributed by atoms with E-state index in [9.17, 15) is 9.59 Å². The number of halogens is 1. The van der Waals surface area contributed by atoms with Crippen LogP contribution in [0.5, 0.6) is 5.75 Å². The lowest BCUT2D eigenvalue weighted by Crippen LogP contribution is -2.26. The van der Waals surface area contributed by atoms with E-state index in [1.165, 1.54) is 13.0 Å². The molecule has 0 saturated heterocycles. The van der Waals surface area contributed by atoms with Gasteiger partial charge in [0.05, 0.1) is 5.39 Å². The van der Waals surface area contributed by atoms with Gasteiger partial charge in [0.15, 0.2) is 11.9 Å². The number of aryl methyl sites for hydroxylation is 1. The summed E-state index contributed by atoms with van der Waals surface area (Å²) in [4.78, 5) is 24.0. The maximum atomic E-state index is 12.9. The molecule has 1 heterocycles. The maximum absolute atomic E-state index is 12.9.